The minimum Gasteiger partial charge on any atom is -0.216 e. The summed E-state index contributed by atoms with van der Waals surface area (Å²) in [4.78, 5) is 8.76. The van der Waals surface area contributed by atoms with Crippen LogP contribution in [0.15, 0.2) is 18.2 Å². The summed E-state index contributed by atoms with van der Waals surface area (Å²) in [5.74, 6) is 0.758. The first kappa shape index (κ1) is 15.4. The lowest BCUT2D eigenvalue weighted by atomic mass is 10.0. The van der Waals surface area contributed by atoms with E-state index in [0.717, 1.165) is 18.4 Å². The Hall–Kier alpha value is -0.540. The minimum absolute atomic E-state index is 0.355. The number of hydrogen-bond acceptors (Lipinski definition) is 2. The van der Waals surface area contributed by atoms with E-state index in [-0.39, 0.29) is 0 Å². The molecule has 2 nitrogen and oxygen atoms in total. The molecule has 1 fully saturated rings. The second kappa shape index (κ2) is 6.29. The van der Waals surface area contributed by atoms with E-state index in [0.29, 0.717) is 37.7 Å². The van der Waals surface area contributed by atoms with Crippen LogP contribution in [-0.4, -0.2) is 9.97 Å². The standard InChI is InChI=1S/C15H12Cl4N2/c16-9-5-6-11(17)10(7-9)15-20-13(18)12(14(19)21-15)8-3-1-2-4-8/h5-8H,1-4H2. The summed E-state index contributed by atoms with van der Waals surface area (Å²) in [6, 6.07) is 5.12. The molecule has 0 bridgehead atoms. The molecule has 1 aromatic heterocycles. The monoisotopic (exact) mass is 360 g/mol. The molecule has 0 aliphatic heterocycles. The number of rotatable bonds is 2. The van der Waals surface area contributed by atoms with Crippen molar-refractivity contribution < 1.29 is 0 Å². The van der Waals surface area contributed by atoms with Gasteiger partial charge in [0.25, 0.3) is 0 Å². The summed E-state index contributed by atoms with van der Waals surface area (Å²) in [5.41, 5.74) is 1.49. The van der Waals surface area contributed by atoms with Gasteiger partial charge in [-0.05, 0) is 37.0 Å². The van der Waals surface area contributed by atoms with Gasteiger partial charge in [-0.3, -0.25) is 0 Å². The predicted octanol–water partition coefficient (Wildman–Crippen LogP) is 6.41. The molecule has 0 amide bonds. The number of aromatic nitrogens is 2. The first-order valence-corrected chi connectivity index (χ1v) is 8.26. The Balaban J connectivity index is 2.07. The molecule has 6 heteroatoms. The van der Waals surface area contributed by atoms with Crippen LogP contribution in [0.5, 0.6) is 0 Å². The fourth-order valence-corrected chi connectivity index (χ4v) is 3.83. The Kier molecular flexibility index (Phi) is 4.60. The lowest BCUT2D eigenvalue weighted by molar-refractivity contribution is 0.715. The smallest absolute Gasteiger partial charge is 0.164 e. The zero-order chi connectivity index (χ0) is 15.0. The van der Waals surface area contributed by atoms with Gasteiger partial charge in [0, 0.05) is 16.1 Å². The topological polar surface area (TPSA) is 25.8 Å². The SMILES string of the molecule is Clc1ccc(Cl)c(-c2nc(Cl)c(C3CCCC3)c(Cl)n2)c1. The van der Waals surface area contributed by atoms with E-state index in [4.69, 9.17) is 46.4 Å². The van der Waals surface area contributed by atoms with Crippen LogP contribution in [0.3, 0.4) is 0 Å². The van der Waals surface area contributed by atoms with E-state index in [1.165, 1.54) is 12.8 Å². The minimum atomic E-state index is 0.355. The van der Waals surface area contributed by atoms with Gasteiger partial charge in [-0.2, -0.15) is 0 Å². The quantitative estimate of drug-likeness (QED) is 0.577. The summed E-state index contributed by atoms with van der Waals surface area (Å²) >= 11 is 24.9. The van der Waals surface area contributed by atoms with E-state index in [1.54, 1.807) is 18.2 Å². The maximum Gasteiger partial charge on any atom is 0.164 e. The fourth-order valence-electron chi connectivity index (χ4n) is 2.76. The molecule has 0 unspecified atom stereocenters. The summed E-state index contributed by atoms with van der Waals surface area (Å²) in [5, 5.41) is 1.89. The molecule has 0 atom stereocenters. The Morgan fingerprint density at radius 1 is 0.905 bits per heavy atom. The van der Waals surface area contributed by atoms with Crippen molar-refractivity contribution in [3.63, 3.8) is 0 Å². The van der Waals surface area contributed by atoms with Gasteiger partial charge in [0.15, 0.2) is 5.82 Å². The summed E-state index contributed by atoms with van der Waals surface area (Å²) in [6.45, 7) is 0. The molecule has 110 valence electrons. The van der Waals surface area contributed by atoms with Crippen LogP contribution in [-0.2, 0) is 0 Å². The van der Waals surface area contributed by atoms with Crippen molar-refractivity contribution in [1.82, 2.24) is 9.97 Å². The molecule has 21 heavy (non-hydrogen) atoms. The highest BCUT2D eigenvalue weighted by Gasteiger charge is 2.25. The highest BCUT2D eigenvalue weighted by molar-refractivity contribution is 6.36. The van der Waals surface area contributed by atoms with Gasteiger partial charge in [-0.1, -0.05) is 59.2 Å². The van der Waals surface area contributed by atoms with Crippen molar-refractivity contribution in [3.8, 4) is 11.4 Å². The van der Waals surface area contributed by atoms with Gasteiger partial charge < -0.3 is 0 Å². The van der Waals surface area contributed by atoms with Crippen molar-refractivity contribution in [2.45, 2.75) is 31.6 Å². The second-order valence-corrected chi connectivity index (χ2v) is 6.71. The van der Waals surface area contributed by atoms with Crippen LogP contribution in [0.2, 0.25) is 20.4 Å². The molecule has 0 saturated heterocycles. The van der Waals surface area contributed by atoms with Crippen molar-refractivity contribution in [2.75, 3.05) is 0 Å². The van der Waals surface area contributed by atoms with Crippen molar-refractivity contribution in [2.24, 2.45) is 0 Å². The lowest BCUT2D eigenvalue weighted by Crippen LogP contribution is -2.01. The second-order valence-electron chi connectivity index (χ2n) is 5.15. The molecule has 3 rings (SSSR count). The highest BCUT2D eigenvalue weighted by atomic mass is 35.5. The molecular formula is C15H12Cl4N2. The molecule has 1 aliphatic rings. The van der Waals surface area contributed by atoms with Gasteiger partial charge in [0.2, 0.25) is 0 Å². The fraction of sp³-hybridized carbons (Fsp3) is 0.333. The van der Waals surface area contributed by atoms with Gasteiger partial charge in [-0.15, -0.1) is 0 Å². The third kappa shape index (κ3) is 3.14. The van der Waals surface area contributed by atoms with Crippen molar-refractivity contribution in [1.29, 1.82) is 0 Å². The number of benzene rings is 1. The molecule has 0 spiro atoms. The first-order valence-electron chi connectivity index (χ1n) is 6.74. The maximum atomic E-state index is 6.35. The Morgan fingerprint density at radius 3 is 2.14 bits per heavy atom. The third-order valence-electron chi connectivity index (χ3n) is 3.79. The van der Waals surface area contributed by atoms with Crippen LogP contribution in [0.1, 0.15) is 37.2 Å². The molecule has 0 radical (unpaired) electrons. The Bertz CT molecular complexity index is 658. The van der Waals surface area contributed by atoms with Gasteiger partial charge >= 0.3 is 0 Å². The highest BCUT2D eigenvalue weighted by Crippen LogP contribution is 2.41. The maximum absolute atomic E-state index is 6.35. The molecule has 0 N–H and O–H groups in total. The van der Waals surface area contributed by atoms with Crippen molar-refractivity contribution in [3.05, 3.63) is 44.1 Å². The van der Waals surface area contributed by atoms with Crippen molar-refractivity contribution >= 4 is 46.4 Å². The summed E-state index contributed by atoms with van der Waals surface area (Å²) in [7, 11) is 0. The largest absolute Gasteiger partial charge is 0.216 e. The Labute approximate surface area is 143 Å². The van der Waals surface area contributed by atoms with E-state index < -0.39 is 0 Å². The van der Waals surface area contributed by atoms with Crippen LogP contribution < -0.4 is 0 Å². The van der Waals surface area contributed by atoms with E-state index in [9.17, 15) is 0 Å². The molecule has 2 aromatic rings. The van der Waals surface area contributed by atoms with Crippen LogP contribution in [0, 0.1) is 0 Å². The van der Waals surface area contributed by atoms with Gasteiger partial charge in [0.1, 0.15) is 10.3 Å². The van der Waals surface area contributed by atoms with Gasteiger partial charge in [-0.25, -0.2) is 9.97 Å². The zero-order valence-corrected chi connectivity index (χ0v) is 14.1. The van der Waals surface area contributed by atoms with Gasteiger partial charge in [0.05, 0.1) is 5.02 Å². The van der Waals surface area contributed by atoms with E-state index in [2.05, 4.69) is 9.97 Å². The van der Waals surface area contributed by atoms with Crippen LogP contribution >= 0.6 is 46.4 Å². The first-order chi connectivity index (χ1) is 10.1. The number of hydrogen-bond donors (Lipinski definition) is 0. The molecule has 1 aliphatic carbocycles. The average molecular weight is 362 g/mol. The molecule has 1 aromatic carbocycles. The molecule has 1 heterocycles. The predicted molar refractivity (Wildman–Crippen MR) is 88.7 cm³/mol. The summed E-state index contributed by atoms with van der Waals surface area (Å²) < 4.78 is 0. The molecular weight excluding hydrogens is 350 g/mol. The van der Waals surface area contributed by atoms with E-state index >= 15 is 0 Å². The van der Waals surface area contributed by atoms with Crippen LogP contribution in [0.25, 0.3) is 11.4 Å². The summed E-state index contributed by atoms with van der Waals surface area (Å²) in [6.07, 6.45) is 4.55. The average Bonchev–Trinajstić information content (AvgIpc) is 2.94. The third-order valence-corrected chi connectivity index (χ3v) is 4.93. The Morgan fingerprint density at radius 2 is 1.52 bits per heavy atom. The van der Waals surface area contributed by atoms with E-state index in [1.807, 2.05) is 0 Å². The number of halogens is 4. The number of nitrogens with zero attached hydrogens (tertiary/aromatic N) is 2. The van der Waals surface area contributed by atoms with Crippen LogP contribution in [0.4, 0.5) is 0 Å². The lowest BCUT2D eigenvalue weighted by Gasteiger charge is -2.14. The normalized spacial score (nSPS) is 15.6. The molecule has 1 saturated carbocycles. The zero-order valence-electron chi connectivity index (χ0n) is 11.0.